The number of benzene rings is 1. The molecule has 2 atom stereocenters. The van der Waals surface area contributed by atoms with Gasteiger partial charge in [-0.15, -0.1) is 5.10 Å². The molecule has 7 heteroatoms. The standard InChI is InChI=1S/C14H19N5O2/c1-9(10-3-4-21-8-10)19-14(16-17-18-19)11-5-12(15)7-13(6-11)20-2/h5-7,9-10H,3-4,8,15H2,1-2H3. The molecule has 0 amide bonds. The molecule has 1 fully saturated rings. The highest BCUT2D eigenvalue weighted by Gasteiger charge is 2.27. The maximum absolute atomic E-state index is 5.91. The molecule has 0 saturated carbocycles. The SMILES string of the molecule is COc1cc(N)cc(-c2nnnn2C(C)C2CCOC2)c1. The summed E-state index contributed by atoms with van der Waals surface area (Å²) in [6.07, 6.45) is 1.03. The second-order valence-electron chi connectivity index (χ2n) is 5.31. The number of anilines is 1. The molecule has 2 aromatic rings. The van der Waals surface area contributed by atoms with Crippen LogP contribution in [0.1, 0.15) is 19.4 Å². The Kier molecular flexibility index (Phi) is 3.74. The van der Waals surface area contributed by atoms with Gasteiger partial charge in [-0.1, -0.05) is 0 Å². The molecule has 112 valence electrons. The van der Waals surface area contributed by atoms with E-state index in [1.54, 1.807) is 13.2 Å². The second kappa shape index (κ2) is 5.69. The average molecular weight is 289 g/mol. The Morgan fingerprint density at radius 2 is 2.29 bits per heavy atom. The van der Waals surface area contributed by atoms with E-state index >= 15 is 0 Å². The Morgan fingerprint density at radius 3 is 3.00 bits per heavy atom. The van der Waals surface area contributed by atoms with Crippen molar-refractivity contribution in [2.24, 2.45) is 5.92 Å². The first-order valence-electron chi connectivity index (χ1n) is 6.99. The number of aromatic nitrogens is 4. The van der Waals surface area contributed by atoms with Gasteiger partial charge in [0.15, 0.2) is 5.82 Å². The van der Waals surface area contributed by atoms with Crippen LogP contribution >= 0.6 is 0 Å². The fraction of sp³-hybridized carbons (Fsp3) is 0.500. The molecule has 21 heavy (non-hydrogen) atoms. The van der Waals surface area contributed by atoms with E-state index < -0.39 is 0 Å². The molecule has 0 spiro atoms. The van der Waals surface area contributed by atoms with E-state index in [1.807, 2.05) is 16.8 Å². The summed E-state index contributed by atoms with van der Waals surface area (Å²) in [6.45, 7) is 3.67. The lowest BCUT2D eigenvalue weighted by Gasteiger charge is -2.19. The molecule has 3 rings (SSSR count). The largest absolute Gasteiger partial charge is 0.497 e. The van der Waals surface area contributed by atoms with Crippen LogP contribution in [-0.2, 0) is 4.74 Å². The Balaban J connectivity index is 1.96. The van der Waals surface area contributed by atoms with Gasteiger partial charge < -0.3 is 15.2 Å². The Labute approximate surface area is 123 Å². The molecular weight excluding hydrogens is 270 g/mol. The van der Waals surface area contributed by atoms with Crippen molar-refractivity contribution in [1.82, 2.24) is 20.2 Å². The van der Waals surface area contributed by atoms with Crippen LogP contribution in [0.4, 0.5) is 5.69 Å². The summed E-state index contributed by atoms with van der Waals surface area (Å²) in [4.78, 5) is 0. The van der Waals surface area contributed by atoms with Crippen LogP contribution in [0.5, 0.6) is 5.75 Å². The topological polar surface area (TPSA) is 88.1 Å². The number of tetrazole rings is 1. The van der Waals surface area contributed by atoms with Gasteiger partial charge in [-0.3, -0.25) is 0 Å². The number of nitrogen functional groups attached to an aromatic ring is 1. The molecule has 1 aromatic heterocycles. The smallest absolute Gasteiger partial charge is 0.182 e. The lowest BCUT2D eigenvalue weighted by Crippen LogP contribution is -2.19. The van der Waals surface area contributed by atoms with Crippen LogP contribution in [0.2, 0.25) is 0 Å². The van der Waals surface area contributed by atoms with Gasteiger partial charge in [-0.25, -0.2) is 4.68 Å². The molecule has 2 N–H and O–H groups in total. The van der Waals surface area contributed by atoms with Gasteiger partial charge in [0.2, 0.25) is 0 Å². The third-order valence-corrected chi connectivity index (χ3v) is 3.95. The molecule has 2 unspecified atom stereocenters. The van der Waals surface area contributed by atoms with Gasteiger partial charge in [0.1, 0.15) is 5.75 Å². The van der Waals surface area contributed by atoms with E-state index in [1.165, 1.54) is 0 Å². The second-order valence-corrected chi connectivity index (χ2v) is 5.31. The molecule has 2 heterocycles. The van der Waals surface area contributed by atoms with E-state index in [4.69, 9.17) is 15.2 Å². The summed E-state index contributed by atoms with van der Waals surface area (Å²) in [5.74, 6) is 1.81. The molecule has 0 bridgehead atoms. The zero-order valence-electron chi connectivity index (χ0n) is 12.2. The number of hydrogen-bond acceptors (Lipinski definition) is 6. The number of methoxy groups -OCH3 is 1. The Hall–Kier alpha value is -2.15. The first-order valence-corrected chi connectivity index (χ1v) is 6.99. The van der Waals surface area contributed by atoms with Gasteiger partial charge in [-0.2, -0.15) is 0 Å². The minimum Gasteiger partial charge on any atom is -0.497 e. The van der Waals surface area contributed by atoms with Crippen molar-refractivity contribution < 1.29 is 9.47 Å². The summed E-state index contributed by atoms with van der Waals surface area (Å²) < 4.78 is 12.6. The van der Waals surface area contributed by atoms with E-state index in [0.717, 1.165) is 25.2 Å². The van der Waals surface area contributed by atoms with Gasteiger partial charge in [0.25, 0.3) is 0 Å². The fourth-order valence-corrected chi connectivity index (χ4v) is 2.66. The Bertz CT molecular complexity index is 622. The molecule has 1 aliphatic rings. The highest BCUT2D eigenvalue weighted by atomic mass is 16.5. The first kappa shape index (κ1) is 13.8. The van der Waals surface area contributed by atoms with Crippen molar-refractivity contribution in [1.29, 1.82) is 0 Å². The van der Waals surface area contributed by atoms with Crippen molar-refractivity contribution in [2.75, 3.05) is 26.1 Å². The van der Waals surface area contributed by atoms with E-state index in [9.17, 15) is 0 Å². The zero-order valence-corrected chi connectivity index (χ0v) is 12.2. The molecule has 1 saturated heterocycles. The minimum atomic E-state index is 0.171. The van der Waals surface area contributed by atoms with Crippen LogP contribution < -0.4 is 10.5 Å². The summed E-state index contributed by atoms with van der Waals surface area (Å²) in [5.41, 5.74) is 7.38. The maximum Gasteiger partial charge on any atom is 0.182 e. The molecule has 0 radical (unpaired) electrons. The van der Waals surface area contributed by atoms with Crippen LogP contribution in [0.15, 0.2) is 18.2 Å². The zero-order chi connectivity index (χ0) is 14.8. The van der Waals surface area contributed by atoms with Crippen molar-refractivity contribution >= 4 is 5.69 Å². The molecule has 1 aliphatic heterocycles. The summed E-state index contributed by atoms with van der Waals surface area (Å²) in [5, 5.41) is 12.1. The van der Waals surface area contributed by atoms with Crippen molar-refractivity contribution in [2.45, 2.75) is 19.4 Å². The number of hydrogen-bond donors (Lipinski definition) is 1. The minimum absolute atomic E-state index is 0.171. The van der Waals surface area contributed by atoms with E-state index in [0.29, 0.717) is 23.2 Å². The maximum atomic E-state index is 5.91. The summed E-state index contributed by atoms with van der Waals surface area (Å²) in [7, 11) is 1.61. The predicted molar refractivity (Wildman–Crippen MR) is 77.9 cm³/mol. The highest BCUT2D eigenvalue weighted by Crippen LogP contribution is 2.31. The first-order chi connectivity index (χ1) is 10.2. The Morgan fingerprint density at radius 1 is 1.43 bits per heavy atom. The van der Waals surface area contributed by atoms with Gasteiger partial charge in [-0.05, 0) is 35.9 Å². The number of ether oxygens (including phenoxy) is 2. The van der Waals surface area contributed by atoms with Gasteiger partial charge in [0.05, 0.1) is 19.8 Å². The van der Waals surface area contributed by atoms with Crippen molar-refractivity contribution in [3.05, 3.63) is 18.2 Å². The number of nitrogens with zero attached hydrogens (tertiary/aromatic N) is 4. The van der Waals surface area contributed by atoms with Crippen LogP contribution in [0.25, 0.3) is 11.4 Å². The monoisotopic (exact) mass is 289 g/mol. The van der Waals surface area contributed by atoms with Crippen LogP contribution in [0, 0.1) is 5.92 Å². The van der Waals surface area contributed by atoms with Crippen molar-refractivity contribution in [3.8, 4) is 17.1 Å². The number of rotatable bonds is 4. The van der Waals surface area contributed by atoms with Crippen LogP contribution in [-0.4, -0.2) is 40.5 Å². The highest BCUT2D eigenvalue weighted by molar-refractivity contribution is 5.64. The van der Waals surface area contributed by atoms with Crippen LogP contribution in [0.3, 0.4) is 0 Å². The molecule has 1 aromatic carbocycles. The average Bonchev–Trinajstić information content (AvgIpc) is 3.17. The van der Waals surface area contributed by atoms with Gasteiger partial charge >= 0.3 is 0 Å². The summed E-state index contributed by atoms with van der Waals surface area (Å²) in [6, 6.07) is 5.68. The lowest BCUT2D eigenvalue weighted by molar-refractivity contribution is 0.173. The van der Waals surface area contributed by atoms with Crippen molar-refractivity contribution in [3.63, 3.8) is 0 Å². The fourth-order valence-electron chi connectivity index (χ4n) is 2.66. The third-order valence-electron chi connectivity index (χ3n) is 3.95. The predicted octanol–water partition coefficient (Wildman–Crippen LogP) is 1.53. The number of nitrogens with two attached hydrogens (primary N) is 1. The third kappa shape index (κ3) is 2.69. The van der Waals surface area contributed by atoms with E-state index in [-0.39, 0.29) is 6.04 Å². The molecular formula is C14H19N5O2. The lowest BCUT2D eigenvalue weighted by atomic mass is 10.0. The van der Waals surface area contributed by atoms with Gasteiger partial charge in [0, 0.05) is 29.8 Å². The van der Waals surface area contributed by atoms with E-state index in [2.05, 4.69) is 22.4 Å². The quantitative estimate of drug-likeness (QED) is 0.859. The normalized spacial score (nSPS) is 19.6. The summed E-state index contributed by atoms with van der Waals surface area (Å²) >= 11 is 0. The molecule has 7 nitrogen and oxygen atoms in total. The molecule has 0 aliphatic carbocycles.